The van der Waals surface area contributed by atoms with Crippen molar-refractivity contribution < 1.29 is 4.74 Å². The van der Waals surface area contributed by atoms with Crippen LogP contribution in [-0.2, 0) is 6.42 Å². The normalized spacial score (nSPS) is 12.6. The molecule has 0 aliphatic heterocycles. The molecule has 0 aliphatic carbocycles. The van der Waals surface area contributed by atoms with Crippen LogP contribution in [0.4, 0.5) is 0 Å². The summed E-state index contributed by atoms with van der Waals surface area (Å²) in [4.78, 5) is 0. The summed E-state index contributed by atoms with van der Waals surface area (Å²) >= 11 is 3.52. The summed E-state index contributed by atoms with van der Waals surface area (Å²) in [5.41, 5.74) is 6.99. The Hall–Kier alpha value is -0.540. The molecule has 0 aliphatic rings. The van der Waals surface area contributed by atoms with Gasteiger partial charge in [-0.05, 0) is 37.5 Å². The molecule has 0 amide bonds. The molecule has 1 rings (SSSR count). The molecule has 1 unspecified atom stereocenters. The Kier molecular flexibility index (Phi) is 4.42. The minimum Gasteiger partial charge on any atom is -0.497 e. The number of methoxy groups -OCH3 is 1. The maximum Gasteiger partial charge on any atom is 0.120 e. The lowest BCUT2D eigenvalue weighted by molar-refractivity contribution is 0.414. The maximum atomic E-state index is 5.71. The molecular formula is C11H16BrNO. The lowest BCUT2D eigenvalue weighted by Crippen LogP contribution is -2.15. The molecule has 0 bridgehead atoms. The minimum atomic E-state index is 0.254. The van der Waals surface area contributed by atoms with Gasteiger partial charge in [-0.1, -0.05) is 22.0 Å². The zero-order valence-corrected chi connectivity index (χ0v) is 10.2. The molecule has 1 aromatic rings. The van der Waals surface area contributed by atoms with Crippen molar-refractivity contribution in [3.8, 4) is 5.75 Å². The molecule has 0 radical (unpaired) electrons. The van der Waals surface area contributed by atoms with Gasteiger partial charge in [0, 0.05) is 10.5 Å². The molecular weight excluding hydrogens is 242 g/mol. The van der Waals surface area contributed by atoms with Gasteiger partial charge in [0.05, 0.1) is 7.11 Å². The van der Waals surface area contributed by atoms with Crippen LogP contribution < -0.4 is 10.5 Å². The van der Waals surface area contributed by atoms with Crippen molar-refractivity contribution in [2.45, 2.75) is 25.8 Å². The molecule has 1 aromatic carbocycles. The first-order valence-electron chi connectivity index (χ1n) is 4.71. The molecule has 78 valence electrons. The highest BCUT2D eigenvalue weighted by Gasteiger charge is 2.03. The van der Waals surface area contributed by atoms with Crippen molar-refractivity contribution in [2.24, 2.45) is 5.73 Å². The molecule has 2 nitrogen and oxygen atoms in total. The molecule has 14 heavy (non-hydrogen) atoms. The number of ether oxygens (including phenoxy) is 1. The zero-order valence-electron chi connectivity index (χ0n) is 8.59. The summed E-state index contributed by atoms with van der Waals surface area (Å²) in [5.74, 6) is 0.876. The quantitative estimate of drug-likeness (QED) is 0.901. The summed E-state index contributed by atoms with van der Waals surface area (Å²) in [7, 11) is 1.67. The molecule has 0 spiro atoms. The highest BCUT2D eigenvalue weighted by molar-refractivity contribution is 9.10. The maximum absolute atomic E-state index is 5.71. The smallest absolute Gasteiger partial charge is 0.120 e. The topological polar surface area (TPSA) is 35.2 Å². The highest BCUT2D eigenvalue weighted by atomic mass is 79.9. The summed E-state index contributed by atoms with van der Waals surface area (Å²) < 4.78 is 6.22. The van der Waals surface area contributed by atoms with Crippen LogP contribution in [-0.4, -0.2) is 13.2 Å². The van der Waals surface area contributed by atoms with Gasteiger partial charge in [0.25, 0.3) is 0 Å². The van der Waals surface area contributed by atoms with E-state index in [9.17, 15) is 0 Å². The average molecular weight is 258 g/mol. The Morgan fingerprint density at radius 3 is 2.71 bits per heavy atom. The third-order valence-corrected chi connectivity index (χ3v) is 2.87. The molecule has 3 heteroatoms. The Labute approximate surface area is 93.6 Å². The number of hydrogen-bond donors (Lipinski definition) is 1. The Balaban J connectivity index is 2.69. The van der Waals surface area contributed by atoms with Gasteiger partial charge in [-0.15, -0.1) is 0 Å². The molecule has 1 atom stereocenters. The van der Waals surface area contributed by atoms with Gasteiger partial charge >= 0.3 is 0 Å². The van der Waals surface area contributed by atoms with E-state index in [1.54, 1.807) is 7.11 Å². The number of aryl methyl sites for hydroxylation is 1. The average Bonchev–Trinajstić information content (AvgIpc) is 2.15. The van der Waals surface area contributed by atoms with Gasteiger partial charge in [-0.25, -0.2) is 0 Å². The molecule has 0 fully saturated rings. The third kappa shape index (κ3) is 3.31. The monoisotopic (exact) mass is 257 g/mol. The lowest BCUT2D eigenvalue weighted by Gasteiger charge is -2.08. The molecule has 0 aromatic heterocycles. The van der Waals surface area contributed by atoms with Gasteiger partial charge in [0.2, 0.25) is 0 Å². The van der Waals surface area contributed by atoms with E-state index < -0.39 is 0 Å². The molecule has 0 saturated heterocycles. The van der Waals surface area contributed by atoms with Crippen LogP contribution in [0.2, 0.25) is 0 Å². The van der Waals surface area contributed by atoms with Crippen molar-refractivity contribution in [3.05, 3.63) is 28.2 Å². The van der Waals surface area contributed by atoms with E-state index in [4.69, 9.17) is 10.5 Å². The van der Waals surface area contributed by atoms with E-state index in [0.29, 0.717) is 0 Å². The number of hydrogen-bond acceptors (Lipinski definition) is 2. The largest absolute Gasteiger partial charge is 0.497 e. The van der Waals surface area contributed by atoms with Crippen molar-refractivity contribution in [2.75, 3.05) is 7.11 Å². The summed E-state index contributed by atoms with van der Waals surface area (Å²) in [6.45, 7) is 2.03. The second-order valence-electron chi connectivity index (χ2n) is 3.47. The van der Waals surface area contributed by atoms with E-state index in [-0.39, 0.29) is 6.04 Å². The standard InChI is InChI=1S/C11H16BrNO/c1-8(13)3-4-9-5-6-10(14-2)7-11(9)12/h5-8H,3-4,13H2,1-2H3. The first-order chi connectivity index (χ1) is 6.63. The summed E-state index contributed by atoms with van der Waals surface area (Å²) in [6, 6.07) is 6.28. The fourth-order valence-electron chi connectivity index (χ4n) is 1.24. The predicted molar refractivity (Wildman–Crippen MR) is 62.7 cm³/mol. The van der Waals surface area contributed by atoms with E-state index in [2.05, 4.69) is 22.0 Å². The Morgan fingerprint density at radius 1 is 1.50 bits per heavy atom. The fraction of sp³-hybridized carbons (Fsp3) is 0.455. The van der Waals surface area contributed by atoms with E-state index in [1.807, 2.05) is 19.1 Å². The van der Waals surface area contributed by atoms with Crippen LogP contribution in [0.25, 0.3) is 0 Å². The second-order valence-corrected chi connectivity index (χ2v) is 4.33. The predicted octanol–water partition coefficient (Wildman–Crippen LogP) is 2.74. The number of nitrogens with two attached hydrogens (primary N) is 1. The van der Waals surface area contributed by atoms with E-state index in [0.717, 1.165) is 23.1 Å². The van der Waals surface area contributed by atoms with Crippen molar-refractivity contribution in [1.29, 1.82) is 0 Å². The highest BCUT2D eigenvalue weighted by Crippen LogP contribution is 2.24. The molecule has 2 N–H and O–H groups in total. The van der Waals surface area contributed by atoms with E-state index >= 15 is 0 Å². The zero-order chi connectivity index (χ0) is 10.6. The van der Waals surface area contributed by atoms with Crippen molar-refractivity contribution >= 4 is 15.9 Å². The van der Waals surface area contributed by atoms with Crippen LogP contribution in [0.1, 0.15) is 18.9 Å². The van der Waals surface area contributed by atoms with Gasteiger partial charge in [0.1, 0.15) is 5.75 Å². The summed E-state index contributed by atoms with van der Waals surface area (Å²) in [6.07, 6.45) is 2.01. The molecule has 0 saturated carbocycles. The third-order valence-electron chi connectivity index (χ3n) is 2.13. The van der Waals surface area contributed by atoms with E-state index in [1.165, 1.54) is 5.56 Å². The Morgan fingerprint density at radius 2 is 2.21 bits per heavy atom. The van der Waals surface area contributed by atoms with Crippen molar-refractivity contribution in [3.63, 3.8) is 0 Å². The molecule has 0 heterocycles. The van der Waals surface area contributed by atoms with Gasteiger partial charge in [-0.2, -0.15) is 0 Å². The minimum absolute atomic E-state index is 0.254. The number of halogens is 1. The van der Waals surface area contributed by atoms with Gasteiger partial charge in [0.15, 0.2) is 0 Å². The van der Waals surface area contributed by atoms with Crippen molar-refractivity contribution in [1.82, 2.24) is 0 Å². The van der Waals surface area contributed by atoms with Gasteiger partial charge in [-0.3, -0.25) is 0 Å². The van der Waals surface area contributed by atoms with Crippen LogP contribution in [0.5, 0.6) is 5.75 Å². The summed E-state index contributed by atoms with van der Waals surface area (Å²) in [5, 5.41) is 0. The van der Waals surface area contributed by atoms with Crippen LogP contribution in [0.15, 0.2) is 22.7 Å². The second kappa shape index (κ2) is 5.37. The van der Waals surface area contributed by atoms with Crippen LogP contribution >= 0.6 is 15.9 Å². The van der Waals surface area contributed by atoms with Crippen LogP contribution in [0, 0.1) is 0 Å². The van der Waals surface area contributed by atoms with Crippen LogP contribution in [0.3, 0.4) is 0 Å². The number of rotatable bonds is 4. The Bertz CT molecular complexity index is 299. The van der Waals surface area contributed by atoms with Gasteiger partial charge < -0.3 is 10.5 Å². The SMILES string of the molecule is COc1ccc(CCC(C)N)c(Br)c1. The lowest BCUT2D eigenvalue weighted by atomic mass is 10.1. The first kappa shape index (κ1) is 11.5. The number of benzene rings is 1. The fourth-order valence-corrected chi connectivity index (χ4v) is 1.80. The first-order valence-corrected chi connectivity index (χ1v) is 5.50.